The van der Waals surface area contributed by atoms with Gasteiger partial charge in [0.1, 0.15) is 18.6 Å². The summed E-state index contributed by atoms with van der Waals surface area (Å²) in [5.74, 6) is 0.330. The van der Waals surface area contributed by atoms with Crippen molar-refractivity contribution in [2.75, 3.05) is 0 Å². The number of carbonyl (C=O) groups excluding carboxylic acids is 1. The number of aldehydes is 1. The Bertz CT molecular complexity index is 1030. The molecule has 0 amide bonds. The van der Waals surface area contributed by atoms with Crippen molar-refractivity contribution >= 4 is 16.3 Å². The minimum atomic E-state index is -4.03. The monoisotopic (exact) mass is 381 g/mol. The molecule has 0 heterocycles. The van der Waals surface area contributed by atoms with Crippen LogP contribution in [0.1, 0.15) is 27.0 Å². The van der Waals surface area contributed by atoms with Gasteiger partial charge in [-0.1, -0.05) is 60.7 Å². The van der Waals surface area contributed by atoms with Crippen molar-refractivity contribution in [1.29, 1.82) is 0 Å². The van der Waals surface area contributed by atoms with Crippen molar-refractivity contribution in [3.05, 3.63) is 95.1 Å². The molecule has 0 aliphatic heterocycles. The zero-order valence-corrected chi connectivity index (χ0v) is 15.4. The van der Waals surface area contributed by atoms with Crippen molar-refractivity contribution in [2.45, 2.75) is 17.9 Å². The summed E-state index contributed by atoms with van der Waals surface area (Å²) in [5, 5.41) is 5.41. The van der Waals surface area contributed by atoms with Gasteiger partial charge in [-0.25, -0.2) is 13.6 Å². The lowest BCUT2D eigenvalue weighted by atomic mass is 10.0. The Morgan fingerprint density at radius 3 is 2.04 bits per heavy atom. The normalized spacial score (nSPS) is 11.1. The number of ether oxygens (including phenoxy) is 1. The van der Waals surface area contributed by atoms with Gasteiger partial charge in [0, 0.05) is 17.5 Å². The molecular formula is C21H19NO4S. The molecule has 138 valence electrons. The summed E-state index contributed by atoms with van der Waals surface area (Å²) in [7, 11) is -4.03. The summed E-state index contributed by atoms with van der Waals surface area (Å²) < 4.78 is 30.2. The first kappa shape index (κ1) is 18.8. The zero-order chi connectivity index (χ0) is 19.3. The summed E-state index contributed by atoms with van der Waals surface area (Å²) in [5.41, 5.74) is 2.46. The van der Waals surface area contributed by atoms with E-state index in [2.05, 4.69) is 0 Å². The highest BCUT2D eigenvalue weighted by atomic mass is 32.2. The summed E-state index contributed by atoms with van der Waals surface area (Å²) in [4.78, 5) is 11.2. The predicted octanol–water partition coefficient (Wildman–Crippen LogP) is 3.32. The SMILES string of the molecule is NS(=O)(=O)c1cc(C=O)cc(OCc2ccccc2)c1Cc1ccccc1. The highest BCUT2D eigenvalue weighted by Gasteiger charge is 2.20. The molecule has 2 N–H and O–H groups in total. The van der Waals surface area contributed by atoms with Crippen LogP contribution in [-0.4, -0.2) is 14.7 Å². The molecule has 0 aromatic heterocycles. The number of primary sulfonamides is 1. The number of hydrogen-bond acceptors (Lipinski definition) is 4. The fourth-order valence-electron chi connectivity index (χ4n) is 2.80. The van der Waals surface area contributed by atoms with Crippen LogP contribution >= 0.6 is 0 Å². The molecule has 3 aromatic carbocycles. The van der Waals surface area contributed by atoms with E-state index in [9.17, 15) is 13.2 Å². The standard InChI is InChI=1S/C21H19NO4S/c22-27(24,25)21-13-18(14-23)12-20(26-15-17-9-5-2-6-10-17)19(21)11-16-7-3-1-4-8-16/h1-10,12-14H,11,15H2,(H2,22,24,25). The molecule has 6 heteroatoms. The van der Waals surface area contributed by atoms with E-state index in [1.54, 1.807) is 6.07 Å². The number of sulfonamides is 1. The molecule has 27 heavy (non-hydrogen) atoms. The maximum Gasteiger partial charge on any atom is 0.238 e. The van der Waals surface area contributed by atoms with Gasteiger partial charge >= 0.3 is 0 Å². The Kier molecular flexibility index (Phi) is 5.69. The first-order chi connectivity index (χ1) is 13.0. The van der Waals surface area contributed by atoms with Crippen LogP contribution in [0.4, 0.5) is 0 Å². The predicted molar refractivity (Wildman–Crippen MR) is 103 cm³/mol. The third-order valence-corrected chi connectivity index (χ3v) is 5.07. The number of nitrogens with two attached hydrogens (primary N) is 1. The maximum absolute atomic E-state index is 12.1. The van der Waals surface area contributed by atoms with Gasteiger partial charge in [-0.2, -0.15) is 0 Å². The Labute approximate surface area is 158 Å². The van der Waals surface area contributed by atoms with Crippen molar-refractivity contribution in [2.24, 2.45) is 5.14 Å². The van der Waals surface area contributed by atoms with Crippen LogP contribution in [0.15, 0.2) is 77.7 Å². The van der Waals surface area contributed by atoms with Gasteiger partial charge in [0.05, 0.1) is 4.90 Å². The summed E-state index contributed by atoms with van der Waals surface area (Å²) in [6.45, 7) is 0.245. The Morgan fingerprint density at radius 2 is 1.48 bits per heavy atom. The van der Waals surface area contributed by atoms with Crippen LogP contribution in [0, 0.1) is 0 Å². The first-order valence-electron chi connectivity index (χ1n) is 8.33. The molecule has 0 aliphatic rings. The quantitative estimate of drug-likeness (QED) is 0.636. The number of benzene rings is 3. The van der Waals surface area contributed by atoms with E-state index in [0.717, 1.165) is 11.1 Å². The van der Waals surface area contributed by atoms with Gasteiger partial charge in [0.15, 0.2) is 0 Å². The average Bonchev–Trinajstić information content (AvgIpc) is 2.67. The van der Waals surface area contributed by atoms with E-state index < -0.39 is 10.0 Å². The fourth-order valence-corrected chi connectivity index (χ4v) is 3.62. The third-order valence-electron chi connectivity index (χ3n) is 4.09. The molecule has 0 aliphatic carbocycles. The lowest BCUT2D eigenvalue weighted by Gasteiger charge is -2.16. The van der Waals surface area contributed by atoms with E-state index in [0.29, 0.717) is 24.0 Å². The van der Waals surface area contributed by atoms with Crippen LogP contribution in [0.25, 0.3) is 0 Å². The molecular weight excluding hydrogens is 362 g/mol. The lowest BCUT2D eigenvalue weighted by Crippen LogP contribution is -2.16. The van der Waals surface area contributed by atoms with Crippen LogP contribution in [0.2, 0.25) is 0 Å². The summed E-state index contributed by atoms with van der Waals surface area (Å²) in [6.07, 6.45) is 0.895. The van der Waals surface area contributed by atoms with Gasteiger partial charge in [-0.15, -0.1) is 0 Å². The van der Waals surface area contributed by atoms with E-state index in [-0.39, 0.29) is 17.1 Å². The fraction of sp³-hybridized carbons (Fsp3) is 0.0952. The van der Waals surface area contributed by atoms with E-state index in [1.165, 1.54) is 6.07 Å². The highest BCUT2D eigenvalue weighted by Crippen LogP contribution is 2.30. The molecule has 0 radical (unpaired) electrons. The molecule has 3 rings (SSSR count). The molecule has 5 nitrogen and oxygen atoms in total. The second kappa shape index (κ2) is 8.16. The maximum atomic E-state index is 12.1. The second-order valence-electron chi connectivity index (χ2n) is 6.10. The van der Waals surface area contributed by atoms with Crippen LogP contribution in [0.5, 0.6) is 5.75 Å². The number of carbonyl (C=O) groups is 1. The Balaban J connectivity index is 2.06. The lowest BCUT2D eigenvalue weighted by molar-refractivity contribution is 0.112. The molecule has 0 spiro atoms. The molecule has 0 unspecified atom stereocenters. The van der Waals surface area contributed by atoms with Gasteiger partial charge in [0.25, 0.3) is 0 Å². The van der Waals surface area contributed by atoms with E-state index in [1.807, 2.05) is 60.7 Å². The van der Waals surface area contributed by atoms with E-state index >= 15 is 0 Å². The minimum absolute atomic E-state index is 0.0981. The number of rotatable bonds is 7. The molecule has 3 aromatic rings. The van der Waals surface area contributed by atoms with E-state index in [4.69, 9.17) is 9.88 Å². The van der Waals surface area contributed by atoms with Crippen molar-refractivity contribution in [1.82, 2.24) is 0 Å². The topological polar surface area (TPSA) is 86.5 Å². The van der Waals surface area contributed by atoms with Crippen LogP contribution < -0.4 is 9.88 Å². The van der Waals surface area contributed by atoms with Gasteiger partial charge in [0.2, 0.25) is 10.0 Å². The smallest absolute Gasteiger partial charge is 0.238 e. The molecule has 0 saturated heterocycles. The first-order valence-corrected chi connectivity index (χ1v) is 9.87. The van der Waals surface area contributed by atoms with Crippen molar-refractivity contribution < 1.29 is 17.9 Å². The number of hydrogen-bond donors (Lipinski definition) is 1. The average molecular weight is 381 g/mol. The van der Waals surface area contributed by atoms with Crippen molar-refractivity contribution in [3.63, 3.8) is 0 Å². The van der Waals surface area contributed by atoms with Gasteiger partial charge in [-0.3, -0.25) is 4.79 Å². The Hall–Kier alpha value is -2.96. The minimum Gasteiger partial charge on any atom is -0.489 e. The van der Waals surface area contributed by atoms with Gasteiger partial charge in [-0.05, 0) is 23.3 Å². The molecule has 0 atom stereocenters. The molecule has 0 saturated carbocycles. The van der Waals surface area contributed by atoms with Gasteiger partial charge < -0.3 is 4.74 Å². The second-order valence-corrected chi connectivity index (χ2v) is 7.63. The van der Waals surface area contributed by atoms with Crippen LogP contribution in [0.3, 0.4) is 0 Å². The summed E-state index contributed by atoms with van der Waals surface area (Å²) in [6, 6.07) is 21.7. The van der Waals surface area contributed by atoms with Crippen LogP contribution in [-0.2, 0) is 23.1 Å². The van der Waals surface area contributed by atoms with Crippen molar-refractivity contribution in [3.8, 4) is 5.75 Å². The Morgan fingerprint density at radius 1 is 0.889 bits per heavy atom. The molecule has 0 fully saturated rings. The zero-order valence-electron chi connectivity index (χ0n) is 14.5. The molecule has 0 bridgehead atoms. The highest BCUT2D eigenvalue weighted by molar-refractivity contribution is 7.89. The largest absolute Gasteiger partial charge is 0.489 e. The summed E-state index contributed by atoms with van der Waals surface area (Å²) >= 11 is 0. The third kappa shape index (κ3) is 4.81.